The van der Waals surface area contributed by atoms with Gasteiger partial charge in [0, 0.05) is 18.8 Å². The van der Waals surface area contributed by atoms with Crippen molar-refractivity contribution in [3.63, 3.8) is 0 Å². The van der Waals surface area contributed by atoms with Crippen molar-refractivity contribution in [1.29, 1.82) is 0 Å². The number of ether oxygens (including phenoxy) is 1. The van der Waals surface area contributed by atoms with Crippen molar-refractivity contribution in [2.75, 3.05) is 18.5 Å². The molecule has 0 aromatic heterocycles. The second-order valence-electron chi connectivity index (χ2n) is 6.88. The second-order valence-corrected chi connectivity index (χ2v) is 6.88. The van der Waals surface area contributed by atoms with Crippen LogP contribution >= 0.6 is 0 Å². The fourth-order valence-electron chi connectivity index (χ4n) is 3.08. The maximum absolute atomic E-state index is 5.95. The van der Waals surface area contributed by atoms with Crippen LogP contribution in [0.5, 0.6) is 0 Å². The van der Waals surface area contributed by atoms with Gasteiger partial charge in [-0.1, -0.05) is 25.3 Å². The average Bonchev–Trinajstić information content (AvgIpc) is 2.58. The van der Waals surface area contributed by atoms with E-state index in [0.29, 0.717) is 12.1 Å². The summed E-state index contributed by atoms with van der Waals surface area (Å²) >= 11 is 0. The van der Waals surface area contributed by atoms with E-state index in [-0.39, 0.29) is 0 Å². The molecule has 1 aliphatic rings. The standard InChI is InChI=1S/C20H33N3O/c1-16-11-12-18(15-17(16)2)23-20(21)22-13-7-4-8-14-24-19-9-5-3-6-10-19/h11-12,15,19H,3-10,13-14H2,1-2H3,(H3,21,22,23). The van der Waals surface area contributed by atoms with Crippen LogP contribution in [-0.4, -0.2) is 25.2 Å². The van der Waals surface area contributed by atoms with E-state index in [2.05, 4.69) is 36.3 Å². The summed E-state index contributed by atoms with van der Waals surface area (Å²) < 4.78 is 5.94. The Morgan fingerprint density at radius 2 is 1.92 bits per heavy atom. The molecule has 134 valence electrons. The van der Waals surface area contributed by atoms with Crippen molar-refractivity contribution >= 4 is 11.6 Å². The molecule has 1 saturated carbocycles. The predicted molar refractivity (Wildman–Crippen MR) is 103 cm³/mol. The van der Waals surface area contributed by atoms with Crippen LogP contribution in [0.4, 0.5) is 5.69 Å². The molecule has 0 atom stereocenters. The lowest BCUT2D eigenvalue weighted by Gasteiger charge is -2.21. The molecule has 24 heavy (non-hydrogen) atoms. The van der Waals surface area contributed by atoms with E-state index >= 15 is 0 Å². The smallest absolute Gasteiger partial charge is 0.193 e. The van der Waals surface area contributed by atoms with E-state index in [0.717, 1.165) is 38.1 Å². The summed E-state index contributed by atoms with van der Waals surface area (Å²) in [7, 11) is 0. The minimum absolute atomic E-state index is 0.497. The number of benzene rings is 1. The van der Waals surface area contributed by atoms with E-state index in [1.54, 1.807) is 0 Å². The lowest BCUT2D eigenvalue weighted by molar-refractivity contribution is 0.0264. The molecule has 1 aliphatic carbocycles. The first-order valence-corrected chi connectivity index (χ1v) is 9.41. The number of guanidine groups is 1. The quantitative estimate of drug-likeness (QED) is 0.417. The second kappa shape index (κ2) is 10.3. The summed E-state index contributed by atoms with van der Waals surface area (Å²) in [5.41, 5.74) is 9.49. The molecule has 4 nitrogen and oxygen atoms in total. The Morgan fingerprint density at radius 1 is 1.12 bits per heavy atom. The van der Waals surface area contributed by atoms with Gasteiger partial charge in [0.15, 0.2) is 5.96 Å². The van der Waals surface area contributed by atoms with E-state index in [9.17, 15) is 0 Å². The SMILES string of the molecule is Cc1ccc(NC(N)=NCCCCCOC2CCCCC2)cc1C. The third-order valence-corrected chi connectivity index (χ3v) is 4.77. The number of nitrogens with one attached hydrogen (secondary N) is 1. The topological polar surface area (TPSA) is 59.6 Å². The summed E-state index contributed by atoms with van der Waals surface area (Å²) in [5, 5.41) is 3.16. The number of aliphatic imine (C=N–C) groups is 1. The van der Waals surface area contributed by atoms with Crippen molar-refractivity contribution in [3.05, 3.63) is 29.3 Å². The zero-order chi connectivity index (χ0) is 17.2. The first kappa shape index (κ1) is 18.8. The first-order chi connectivity index (χ1) is 11.6. The Balaban J connectivity index is 1.55. The molecular weight excluding hydrogens is 298 g/mol. The van der Waals surface area contributed by atoms with Crippen LogP contribution in [-0.2, 0) is 4.74 Å². The highest BCUT2D eigenvalue weighted by atomic mass is 16.5. The van der Waals surface area contributed by atoms with E-state index < -0.39 is 0 Å². The molecule has 0 saturated heterocycles. The summed E-state index contributed by atoms with van der Waals surface area (Å²) in [6.45, 7) is 5.87. The summed E-state index contributed by atoms with van der Waals surface area (Å²) in [5.74, 6) is 0.497. The van der Waals surface area contributed by atoms with Crippen LogP contribution in [0.15, 0.2) is 23.2 Å². The number of anilines is 1. The molecule has 1 aromatic rings. The number of unbranched alkanes of at least 4 members (excludes halogenated alkanes) is 2. The predicted octanol–water partition coefficient (Wildman–Crippen LogP) is 4.55. The molecule has 1 fully saturated rings. The third-order valence-electron chi connectivity index (χ3n) is 4.77. The number of rotatable bonds is 8. The molecule has 3 N–H and O–H groups in total. The Morgan fingerprint density at radius 3 is 2.67 bits per heavy atom. The fourth-order valence-corrected chi connectivity index (χ4v) is 3.08. The van der Waals surface area contributed by atoms with Crippen LogP contribution < -0.4 is 11.1 Å². The van der Waals surface area contributed by atoms with E-state index in [4.69, 9.17) is 10.5 Å². The van der Waals surface area contributed by atoms with Gasteiger partial charge in [0.2, 0.25) is 0 Å². The van der Waals surface area contributed by atoms with Gasteiger partial charge >= 0.3 is 0 Å². The lowest BCUT2D eigenvalue weighted by Crippen LogP contribution is -2.23. The Bertz CT molecular complexity index is 522. The molecule has 0 amide bonds. The minimum atomic E-state index is 0.497. The fraction of sp³-hybridized carbons (Fsp3) is 0.650. The molecule has 0 unspecified atom stereocenters. The summed E-state index contributed by atoms with van der Waals surface area (Å²) in [6.07, 6.45) is 10.4. The van der Waals surface area contributed by atoms with Crippen molar-refractivity contribution in [3.8, 4) is 0 Å². The summed E-state index contributed by atoms with van der Waals surface area (Å²) in [4.78, 5) is 4.40. The van der Waals surface area contributed by atoms with Gasteiger partial charge in [0.1, 0.15) is 0 Å². The average molecular weight is 332 g/mol. The van der Waals surface area contributed by atoms with Gasteiger partial charge in [-0.25, -0.2) is 0 Å². The van der Waals surface area contributed by atoms with Crippen LogP contribution in [0.25, 0.3) is 0 Å². The zero-order valence-electron chi connectivity index (χ0n) is 15.3. The normalized spacial score (nSPS) is 16.3. The minimum Gasteiger partial charge on any atom is -0.378 e. The Hall–Kier alpha value is -1.55. The van der Waals surface area contributed by atoms with Crippen molar-refractivity contribution in [2.24, 2.45) is 10.7 Å². The van der Waals surface area contributed by atoms with Gasteiger partial charge in [0.05, 0.1) is 6.10 Å². The lowest BCUT2D eigenvalue weighted by atomic mass is 9.98. The number of nitrogens with two attached hydrogens (primary N) is 1. The largest absolute Gasteiger partial charge is 0.378 e. The van der Waals surface area contributed by atoms with Gasteiger partial charge < -0.3 is 15.8 Å². The highest BCUT2D eigenvalue weighted by Crippen LogP contribution is 2.20. The number of hydrogen-bond donors (Lipinski definition) is 2. The Labute approximate surface area is 146 Å². The summed E-state index contributed by atoms with van der Waals surface area (Å²) in [6, 6.07) is 6.23. The highest BCUT2D eigenvalue weighted by molar-refractivity contribution is 5.92. The van der Waals surface area contributed by atoms with Gasteiger partial charge in [-0.15, -0.1) is 0 Å². The Kier molecular flexibility index (Phi) is 8.10. The molecule has 0 heterocycles. The van der Waals surface area contributed by atoms with Gasteiger partial charge in [-0.2, -0.15) is 0 Å². The number of nitrogens with zero attached hydrogens (tertiary/aromatic N) is 1. The van der Waals surface area contributed by atoms with Crippen LogP contribution in [0, 0.1) is 13.8 Å². The molecule has 0 radical (unpaired) electrons. The van der Waals surface area contributed by atoms with Crippen molar-refractivity contribution < 1.29 is 4.74 Å². The molecule has 0 aliphatic heterocycles. The molecule has 2 rings (SSSR count). The van der Waals surface area contributed by atoms with Crippen LogP contribution in [0.1, 0.15) is 62.5 Å². The molecule has 0 spiro atoms. The van der Waals surface area contributed by atoms with Gasteiger partial charge in [-0.05, 0) is 69.2 Å². The molecular formula is C20H33N3O. The van der Waals surface area contributed by atoms with Crippen molar-refractivity contribution in [2.45, 2.75) is 71.3 Å². The monoisotopic (exact) mass is 331 g/mol. The molecule has 1 aromatic carbocycles. The maximum atomic E-state index is 5.95. The van der Waals surface area contributed by atoms with E-state index in [1.807, 2.05) is 6.07 Å². The third kappa shape index (κ3) is 6.91. The first-order valence-electron chi connectivity index (χ1n) is 9.41. The van der Waals surface area contributed by atoms with Crippen molar-refractivity contribution in [1.82, 2.24) is 0 Å². The van der Waals surface area contributed by atoms with Crippen LogP contribution in [0.2, 0.25) is 0 Å². The van der Waals surface area contributed by atoms with Gasteiger partial charge in [0.25, 0.3) is 0 Å². The zero-order valence-corrected chi connectivity index (χ0v) is 15.3. The van der Waals surface area contributed by atoms with Gasteiger partial charge in [-0.3, -0.25) is 4.99 Å². The number of hydrogen-bond acceptors (Lipinski definition) is 2. The number of aryl methyl sites for hydroxylation is 2. The van der Waals surface area contributed by atoms with E-state index in [1.165, 1.54) is 43.2 Å². The highest BCUT2D eigenvalue weighted by Gasteiger charge is 2.12. The van der Waals surface area contributed by atoms with Crippen LogP contribution in [0.3, 0.4) is 0 Å². The molecule has 4 heteroatoms. The molecule has 0 bridgehead atoms. The maximum Gasteiger partial charge on any atom is 0.193 e.